The van der Waals surface area contributed by atoms with Crippen LogP contribution in [0.2, 0.25) is 0 Å². The molecule has 0 unspecified atom stereocenters. The third-order valence-corrected chi connectivity index (χ3v) is 2.45. The van der Waals surface area contributed by atoms with Gasteiger partial charge in [-0.3, -0.25) is 0 Å². The Morgan fingerprint density at radius 3 is 2.12 bits per heavy atom. The maximum atomic E-state index is 8.80. The van der Waals surface area contributed by atoms with Crippen LogP contribution in [0, 0.1) is 22.7 Å². The van der Waals surface area contributed by atoms with E-state index in [4.69, 9.17) is 16.3 Å². The molecular weight excluding hydrogens is 200 g/mol. The second-order valence-electron chi connectivity index (χ2n) is 3.57. The van der Waals surface area contributed by atoms with Crippen molar-refractivity contribution in [2.75, 3.05) is 13.1 Å². The third-order valence-electron chi connectivity index (χ3n) is 2.45. The van der Waals surface area contributed by atoms with Gasteiger partial charge >= 0.3 is 0 Å². The van der Waals surface area contributed by atoms with Crippen LogP contribution in [-0.4, -0.2) is 18.0 Å². The summed E-state index contributed by atoms with van der Waals surface area (Å²) in [6.07, 6.45) is 3.68. The summed E-state index contributed by atoms with van der Waals surface area (Å²) < 4.78 is 0. The van der Waals surface area contributed by atoms with Gasteiger partial charge in [-0.2, -0.15) is 10.5 Å². The largest absolute Gasteiger partial charge is 0.348 e. The van der Waals surface area contributed by atoms with Crippen molar-refractivity contribution in [1.29, 1.82) is 10.5 Å². The van der Waals surface area contributed by atoms with Gasteiger partial charge in [0.1, 0.15) is 17.7 Å². The summed E-state index contributed by atoms with van der Waals surface area (Å²) in [7, 11) is 0. The molecule has 1 heterocycles. The van der Waals surface area contributed by atoms with Crippen LogP contribution in [0.3, 0.4) is 0 Å². The van der Waals surface area contributed by atoms with Gasteiger partial charge in [0.15, 0.2) is 0 Å². The monoisotopic (exact) mass is 214 g/mol. The molecule has 82 valence electrons. The Hall–Kier alpha value is -2.04. The first-order valence-corrected chi connectivity index (χ1v) is 5.02. The molecule has 0 aromatic carbocycles. The smallest absolute Gasteiger partial charge is 0.137 e. The second-order valence-corrected chi connectivity index (χ2v) is 3.57. The molecule has 0 spiro atoms. The lowest BCUT2D eigenvalue weighted by Crippen LogP contribution is -2.28. The molecule has 0 aliphatic carbocycles. The van der Waals surface area contributed by atoms with Crippen molar-refractivity contribution in [3.63, 3.8) is 0 Å². The van der Waals surface area contributed by atoms with Crippen LogP contribution in [-0.2, 0) is 0 Å². The molecule has 0 saturated heterocycles. The molecule has 0 radical (unpaired) electrons. The van der Waals surface area contributed by atoms with Crippen LogP contribution >= 0.6 is 0 Å². The highest BCUT2D eigenvalue weighted by Crippen LogP contribution is 2.23. The maximum Gasteiger partial charge on any atom is 0.137 e. The number of allylic oxidation sites excluding steroid dienone is 6. The van der Waals surface area contributed by atoms with E-state index < -0.39 is 0 Å². The average molecular weight is 214 g/mol. The van der Waals surface area contributed by atoms with Crippen molar-refractivity contribution in [3.05, 3.63) is 34.7 Å². The van der Waals surface area contributed by atoms with Gasteiger partial charge in [0.2, 0.25) is 0 Å². The van der Waals surface area contributed by atoms with E-state index in [0.717, 1.165) is 17.9 Å². The fourth-order valence-corrected chi connectivity index (χ4v) is 1.71. The summed E-state index contributed by atoms with van der Waals surface area (Å²) in [6.45, 7) is 5.20. The molecular formula is C12H14N4. The Bertz CT molecular complexity index is 416. The Kier molecular flexibility index (Phi) is 3.88. The fourth-order valence-electron chi connectivity index (χ4n) is 1.71. The Balaban J connectivity index is 3.15. The minimum absolute atomic E-state index is 0.145. The van der Waals surface area contributed by atoms with Crippen molar-refractivity contribution >= 4 is 0 Å². The molecule has 0 fully saturated rings. The van der Waals surface area contributed by atoms with E-state index >= 15 is 0 Å². The molecule has 1 rings (SSSR count). The summed E-state index contributed by atoms with van der Waals surface area (Å²) in [5.74, 6) is 0. The Labute approximate surface area is 95.6 Å². The molecule has 4 heteroatoms. The predicted molar refractivity (Wildman–Crippen MR) is 61.5 cm³/mol. The second kappa shape index (κ2) is 5.16. The fraction of sp³-hybridized carbons (Fsp3) is 0.333. The first-order chi connectivity index (χ1) is 7.63. The number of rotatable bonds is 2. The van der Waals surface area contributed by atoms with Gasteiger partial charge in [0.05, 0.1) is 0 Å². The highest BCUT2D eigenvalue weighted by Gasteiger charge is 2.14. The first-order valence-electron chi connectivity index (χ1n) is 5.02. The van der Waals surface area contributed by atoms with Gasteiger partial charge < -0.3 is 10.6 Å². The normalized spacial score (nSPS) is 14.8. The number of nitriles is 2. The molecule has 0 saturated carbocycles. The van der Waals surface area contributed by atoms with Crippen LogP contribution in [0.5, 0.6) is 0 Å². The van der Waals surface area contributed by atoms with E-state index in [0.29, 0.717) is 12.1 Å². The van der Waals surface area contributed by atoms with Crippen molar-refractivity contribution in [2.45, 2.75) is 13.8 Å². The topological polar surface area (TPSA) is 76.8 Å². The number of nitrogens with zero attached hydrogens (tertiary/aromatic N) is 3. The molecule has 16 heavy (non-hydrogen) atoms. The zero-order valence-corrected chi connectivity index (χ0v) is 9.49. The van der Waals surface area contributed by atoms with Gasteiger partial charge in [0, 0.05) is 30.1 Å². The third kappa shape index (κ3) is 2.31. The van der Waals surface area contributed by atoms with E-state index in [2.05, 4.69) is 4.90 Å². The van der Waals surface area contributed by atoms with Crippen LogP contribution < -0.4 is 5.73 Å². The minimum atomic E-state index is 0.145. The van der Waals surface area contributed by atoms with Crippen molar-refractivity contribution in [3.8, 4) is 12.1 Å². The van der Waals surface area contributed by atoms with Crippen molar-refractivity contribution in [1.82, 2.24) is 4.90 Å². The zero-order chi connectivity index (χ0) is 12.1. The summed E-state index contributed by atoms with van der Waals surface area (Å²) in [5, 5.41) is 17.6. The van der Waals surface area contributed by atoms with Crippen LogP contribution in [0.25, 0.3) is 0 Å². The number of hydrogen-bond acceptors (Lipinski definition) is 4. The number of hydrogen-bond donors (Lipinski definition) is 1. The van der Waals surface area contributed by atoms with E-state index in [1.165, 1.54) is 0 Å². The first kappa shape index (κ1) is 12.0. The highest BCUT2D eigenvalue weighted by molar-refractivity contribution is 5.53. The van der Waals surface area contributed by atoms with Crippen molar-refractivity contribution < 1.29 is 0 Å². The Morgan fingerprint density at radius 2 is 1.75 bits per heavy atom. The number of nitrogens with two attached hydrogens (primary N) is 1. The van der Waals surface area contributed by atoms with Gasteiger partial charge in [-0.25, -0.2) is 0 Å². The lowest BCUT2D eigenvalue weighted by atomic mass is 10.0. The van der Waals surface area contributed by atoms with Crippen LogP contribution in [0.15, 0.2) is 34.7 Å². The summed E-state index contributed by atoms with van der Waals surface area (Å²) in [6, 6.07) is 3.79. The lowest BCUT2D eigenvalue weighted by Gasteiger charge is -2.29. The van der Waals surface area contributed by atoms with E-state index in [1.54, 1.807) is 0 Å². The van der Waals surface area contributed by atoms with Gasteiger partial charge in [-0.05, 0) is 26.0 Å². The van der Waals surface area contributed by atoms with E-state index in [1.807, 2.05) is 38.1 Å². The SMILES string of the molecule is CC1=CC(=C(C#N)C#N)C=C(C)N1CCN. The van der Waals surface area contributed by atoms with Gasteiger partial charge in [-0.15, -0.1) is 0 Å². The summed E-state index contributed by atoms with van der Waals surface area (Å²) in [5.41, 5.74) is 8.34. The van der Waals surface area contributed by atoms with Crippen LogP contribution in [0.1, 0.15) is 13.8 Å². The highest BCUT2D eigenvalue weighted by atomic mass is 15.1. The molecule has 4 nitrogen and oxygen atoms in total. The molecule has 2 N–H and O–H groups in total. The molecule has 1 aliphatic rings. The summed E-state index contributed by atoms with van der Waals surface area (Å²) >= 11 is 0. The standard InChI is InChI=1S/C12H14N4/c1-9-5-11(12(7-14)8-15)6-10(2)16(9)4-3-13/h5-6H,3-4,13H2,1-2H3. The molecule has 0 aromatic rings. The van der Waals surface area contributed by atoms with Crippen LogP contribution in [0.4, 0.5) is 0 Å². The minimum Gasteiger partial charge on any atom is -0.348 e. The van der Waals surface area contributed by atoms with Crippen molar-refractivity contribution in [2.24, 2.45) is 5.73 Å². The summed E-state index contributed by atoms with van der Waals surface area (Å²) in [4.78, 5) is 2.07. The molecule has 0 amide bonds. The van der Waals surface area contributed by atoms with E-state index in [-0.39, 0.29) is 5.57 Å². The quantitative estimate of drug-likeness (QED) is 0.705. The molecule has 0 bridgehead atoms. The predicted octanol–water partition coefficient (Wildman–Crippen LogP) is 1.41. The molecule has 0 aromatic heterocycles. The lowest BCUT2D eigenvalue weighted by molar-refractivity contribution is 0.433. The maximum absolute atomic E-state index is 8.80. The zero-order valence-electron chi connectivity index (χ0n) is 9.49. The Morgan fingerprint density at radius 1 is 1.25 bits per heavy atom. The van der Waals surface area contributed by atoms with E-state index in [9.17, 15) is 0 Å². The molecule has 1 aliphatic heterocycles. The van der Waals surface area contributed by atoms with Gasteiger partial charge in [-0.1, -0.05) is 0 Å². The molecule has 0 atom stereocenters. The van der Waals surface area contributed by atoms with Gasteiger partial charge in [0.25, 0.3) is 0 Å². The average Bonchev–Trinajstić information content (AvgIpc) is 2.25.